The standard InChI is InChI=1S/C17H13FN2O3/c18-12-2-1-3-13-17(12)10(8-19-13)6-16(21)20-11-4-5-14-15(7-11)23-9-22-14/h1-5,7-8,19H,6,9H2,(H,20,21). The van der Waals surface area contributed by atoms with Crippen molar-refractivity contribution in [3.8, 4) is 11.5 Å². The number of fused-ring (bicyclic) bond motifs is 2. The van der Waals surface area contributed by atoms with Gasteiger partial charge in [0.15, 0.2) is 11.5 Å². The van der Waals surface area contributed by atoms with Crippen molar-refractivity contribution in [3.05, 3.63) is 54.0 Å². The van der Waals surface area contributed by atoms with Gasteiger partial charge in [0.1, 0.15) is 5.82 Å². The molecule has 0 bridgehead atoms. The Hall–Kier alpha value is -3.02. The van der Waals surface area contributed by atoms with Crippen LogP contribution in [-0.4, -0.2) is 17.7 Å². The van der Waals surface area contributed by atoms with Gasteiger partial charge in [0.2, 0.25) is 12.7 Å². The summed E-state index contributed by atoms with van der Waals surface area (Å²) in [6, 6.07) is 9.97. The third-order valence-corrected chi connectivity index (χ3v) is 3.74. The number of rotatable bonds is 3. The smallest absolute Gasteiger partial charge is 0.231 e. The van der Waals surface area contributed by atoms with E-state index in [4.69, 9.17) is 9.47 Å². The van der Waals surface area contributed by atoms with Crippen LogP contribution in [0.2, 0.25) is 0 Å². The van der Waals surface area contributed by atoms with Gasteiger partial charge in [-0.3, -0.25) is 4.79 Å². The number of amides is 1. The largest absolute Gasteiger partial charge is 0.454 e. The Labute approximate surface area is 131 Å². The van der Waals surface area contributed by atoms with Gasteiger partial charge in [-0.2, -0.15) is 0 Å². The molecule has 1 aromatic heterocycles. The van der Waals surface area contributed by atoms with Gasteiger partial charge in [0.05, 0.1) is 6.42 Å². The molecule has 0 aliphatic carbocycles. The minimum atomic E-state index is -0.338. The molecular formula is C17H13FN2O3. The van der Waals surface area contributed by atoms with Crippen LogP contribution in [0.15, 0.2) is 42.6 Å². The predicted octanol–water partition coefficient (Wildman–Crippen LogP) is 3.22. The van der Waals surface area contributed by atoms with E-state index >= 15 is 0 Å². The van der Waals surface area contributed by atoms with Crippen LogP contribution in [0.25, 0.3) is 10.9 Å². The highest BCUT2D eigenvalue weighted by molar-refractivity contribution is 5.96. The normalized spacial score (nSPS) is 12.6. The molecule has 0 radical (unpaired) electrons. The van der Waals surface area contributed by atoms with Crippen LogP contribution >= 0.6 is 0 Å². The van der Waals surface area contributed by atoms with Gasteiger partial charge in [0, 0.05) is 28.9 Å². The molecular weight excluding hydrogens is 299 g/mol. The Balaban J connectivity index is 1.53. The van der Waals surface area contributed by atoms with Gasteiger partial charge >= 0.3 is 0 Å². The summed E-state index contributed by atoms with van der Waals surface area (Å²) < 4.78 is 24.4. The molecule has 2 aromatic carbocycles. The number of carbonyl (C=O) groups is 1. The number of ether oxygens (including phenoxy) is 2. The van der Waals surface area contributed by atoms with Gasteiger partial charge in [-0.1, -0.05) is 6.07 Å². The van der Waals surface area contributed by atoms with Crippen molar-refractivity contribution < 1.29 is 18.7 Å². The van der Waals surface area contributed by atoms with Gasteiger partial charge in [-0.15, -0.1) is 0 Å². The summed E-state index contributed by atoms with van der Waals surface area (Å²) in [6.45, 7) is 0.182. The van der Waals surface area contributed by atoms with E-state index in [1.54, 1.807) is 36.5 Å². The van der Waals surface area contributed by atoms with Crippen molar-refractivity contribution in [2.45, 2.75) is 6.42 Å². The van der Waals surface area contributed by atoms with E-state index in [9.17, 15) is 9.18 Å². The Morgan fingerprint density at radius 1 is 1.22 bits per heavy atom. The predicted molar refractivity (Wildman–Crippen MR) is 83.2 cm³/mol. The molecule has 4 rings (SSSR count). The number of aromatic amines is 1. The van der Waals surface area contributed by atoms with E-state index in [-0.39, 0.29) is 24.9 Å². The maximum atomic E-state index is 13.9. The fourth-order valence-electron chi connectivity index (χ4n) is 2.70. The number of hydrogen-bond donors (Lipinski definition) is 2. The molecule has 0 atom stereocenters. The minimum Gasteiger partial charge on any atom is -0.454 e. The number of nitrogens with one attached hydrogen (secondary N) is 2. The van der Waals surface area contributed by atoms with Crippen LogP contribution in [0.5, 0.6) is 11.5 Å². The second-order valence-corrected chi connectivity index (χ2v) is 5.27. The van der Waals surface area contributed by atoms with Crippen LogP contribution in [-0.2, 0) is 11.2 Å². The van der Waals surface area contributed by atoms with Crippen molar-refractivity contribution in [1.82, 2.24) is 4.98 Å². The molecule has 2 heterocycles. The summed E-state index contributed by atoms with van der Waals surface area (Å²) in [6.07, 6.45) is 1.74. The summed E-state index contributed by atoms with van der Waals surface area (Å²) in [5.41, 5.74) is 1.91. The Morgan fingerprint density at radius 3 is 3.00 bits per heavy atom. The molecule has 1 aliphatic rings. The van der Waals surface area contributed by atoms with Crippen LogP contribution < -0.4 is 14.8 Å². The quantitative estimate of drug-likeness (QED) is 0.780. The Kier molecular flexibility index (Phi) is 3.15. The maximum absolute atomic E-state index is 13.9. The van der Waals surface area contributed by atoms with Gasteiger partial charge < -0.3 is 19.8 Å². The highest BCUT2D eigenvalue weighted by atomic mass is 19.1. The molecule has 0 spiro atoms. The monoisotopic (exact) mass is 312 g/mol. The Bertz CT molecular complexity index is 904. The van der Waals surface area contributed by atoms with E-state index < -0.39 is 0 Å². The minimum absolute atomic E-state index is 0.0787. The van der Waals surface area contributed by atoms with Crippen LogP contribution in [0.3, 0.4) is 0 Å². The SMILES string of the molecule is O=C(Cc1c[nH]c2cccc(F)c12)Nc1ccc2c(c1)OCO2. The zero-order valence-electron chi connectivity index (χ0n) is 12.1. The van der Waals surface area contributed by atoms with Crippen LogP contribution in [0.4, 0.5) is 10.1 Å². The molecule has 0 unspecified atom stereocenters. The van der Waals surface area contributed by atoms with Gasteiger partial charge in [-0.25, -0.2) is 4.39 Å². The number of H-pyrrole nitrogens is 1. The third kappa shape index (κ3) is 2.48. The van der Waals surface area contributed by atoms with Crippen molar-refractivity contribution in [3.63, 3.8) is 0 Å². The summed E-state index contributed by atoms with van der Waals surface area (Å²) in [4.78, 5) is 15.2. The fourth-order valence-corrected chi connectivity index (χ4v) is 2.70. The third-order valence-electron chi connectivity index (χ3n) is 3.74. The number of carbonyl (C=O) groups excluding carboxylic acids is 1. The first kappa shape index (κ1) is 13.6. The van der Waals surface area contributed by atoms with E-state index in [1.807, 2.05) is 0 Å². The molecule has 0 fully saturated rings. The highest BCUT2D eigenvalue weighted by Gasteiger charge is 2.15. The number of aromatic nitrogens is 1. The number of anilines is 1. The topological polar surface area (TPSA) is 63.4 Å². The van der Waals surface area contributed by atoms with Crippen molar-refractivity contribution >= 4 is 22.5 Å². The van der Waals surface area contributed by atoms with Crippen molar-refractivity contribution in [2.24, 2.45) is 0 Å². The lowest BCUT2D eigenvalue weighted by Gasteiger charge is -2.06. The average molecular weight is 312 g/mol. The van der Waals surface area contributed by atoms with Crippen LogP contribution in [0.1, 0.15) is 5.56 Å². The second kappa shape index (κ2) is 5.31. The average Bonchev–Trinajstić information content (AvgIpc) is 3.14. The molecule has 116 valence electrons. The van der Waals surface area contributed by atoms with E-state index in [0.717, 1.165) is 0 Å². The molecule has 0 saturated carbocycles. The molecule has 1 amide bonds. The van der Waals surface area contributed by atoms with Crippen molar-refractivity contribution in [1.29, 1.82) is 0 Å². The van der Waals surface area contributed by atoms with E-state index in [2.05, 4.69) is 10.3 Å². The zero-order chi connectivity index (χ0) is 15.8. The first-order chi connectivity index (χ1) is 11.2. The van der Waals surface area contributed by atoms with E-state index in [0.29, 0.717) is 33.7 Å². The lowest BCUT2D eigenvalue weighted by molar-refractivity contribution is -0.115. The first-order valence-corrected chi connectivity index (χ1v) is 7.15. The number of benzene rings is 2. The molecule has 2 N–H and O–H groups in total. The summed E-state index contributed by atoms with van der Waals surface area (Å²) >= 11 is 0. The summed E-state index contributed by atoms with van der Waals surface area (Å²) in [7, 11) is 0. The molecule has 5 nitrogen and oxygen atoms in total. The summed E-state index contributed by atoms with van der Waals surface area (Å²) in [5, 5.41) is 3.24. The lowest BCUT2D eigenvalue weighted by Crippen LogP contribution is -2.14. The molecule has 23 heavy (non-hydrogen) atoms. The Morgan fingerprint density at radius 2 is 2.09 bits per heavy atom. The summed E-state index contributed by atoms with van der Waals surface area (Å²) in [5.74, 6) is 0.685. The van der Waals surface area contributed by atoms with Gasteiger partial charge in [-0.05, 0) is 29.8 Å². The second-order valence-electron chi connectivity index (χ2n) is 5.27. The number of halogens is 1. The van der Waals surface area contributed by atoms with Gasteiger partial charge in [0.25, 0.3) is 0 Å². The lowest BCUT2D eigenvalue weighted by atomic mass is 10.1. The molecule has 0 saturated heterocycles. The first-order valence-electron chi connectivity index (χ1n) is 7.15. The highest BCUT2D eigenvalue weighted by Crippen LogP contribution is 2.34. The zero-order valence-corrected chi connectivity index (χ0v) is 12.1. The van der Waals surface area contributed by atoms with Crippen LogP contribution in [0, 0.1) is 5.82 Å². The maximum Gasteiger partial charge on any atom is 0.231 e. The number of hydrogen-bond acceptors (Lipinski definition) is 3. The van der Waals surface area contributed by atoms with Crippen molar-refractivity contribution in [2.75, 3.05) is 12.1 Å². The molecule has 6 heteroatoms. The molecule has 3 aromatic rings. The fraction of sp³-hybridized carbons (Fsp3) is 0.118. The molecule has 1 aliphatic heterocycles. The van der Waals surface area contributed by atoms with E-state index in [1.165, 1.54) is 6.07 Å².